The van der Waals surface area contributed by atoms with Gasteiger partial charge < -0.3 is 18.8 Å². The van der Waals surface area contributed by atoms with Gasteiger partial charge in [0, 0.05) is 24.8 Å². The zero-order valence-corrected chi connectivity index (χ0v) is 18.5. The minimum absolute atomic E-state index is 0.0358. The van der Waals surface area contributed by atoms with Crippen molar-refractivity contribution in [2.24, 2.45) is 5.92 Å². The second-order valence-corrected chi connectivity index (χ2v) is 8.84. The van der Waals surface area contributed by atoms with Crippen molar-refractivity contribution in [1.82, 2.24) is 4.57 Å². The number of carbonyl (C=O) groups excluding carboxylic acids is 2. The number of aryl methyl sites for hydroxylation is 1. The molecule has 166 valence electrons. The number of aromatic nitrogens is 1. The maximum absolute atomic E-state index is 12.7. The molecule has 6 nitrogen and oxygen atoms in total. The highest BCUT2D eigenvalue weighted by Crippen LogP contribution is 2.30. The fraction of sp³-hybridized carbons (Fsp3) is 0.520. The Morgan fingerprint density at radius 3 is 2.45 bits per heavy atom. The highest BCUT2D eigenvalue weighted by Gasteiger charge is 2.25. The highest BCUT2D eigenvalue weighted by atomic mass is 16.6. The molecule has 2 aliphatic carbocycles. The van der Waals surface area contributed by atoms with Crippen LogP contribution in [-0.4, -0.2) is 36.2 Å². The van der Waals surface area contributed by atoms with Gasteiger partial charge in [-0.2, -0.15) is 0 Å². The summed E-state index contributed by atoms with van der Waals surface area (Å²) in [6.07, 6.45) is 10.8. The number of ether oxygens (including phenoxy) is 2. The van der Waals surface area contributed by atoms with Crippen LogP contribution in [-0.2, 0) is 9.53 Å². The number of rotatable bonds is 6. The third kappa shape index (κ3) is 4.94. The summed E-state index contributed by atoms with van der Waals surface area (Å²) in [5, 5.41) is 0. The van der Waals surface area contributed by atoms with E-state index in [4.69, 9.17) is 9.47 Å². The van der Waals surface area contributed by atoms with E-state index in [1.54, 1.807) is 11.9 Å². The number of carbonyl (C=O) groups is 2. The largest absolute Gasteiger partial charge is 0.490 e. The van der Waals surface area contributed by atoms with Gasteiger partial charge in [0.25, 0.3) is 0 Å². The topological polar surface area (TPSA) is 60.8 Å². The van der Waals surface area contributed by atoms with Crippen LogP contribution in [0.4, 0.5) is 10.6 Å². The van der Waals surface area contributed by atoms with Crippen molar-refractivity contribution in [2.75, 3.05) is 11.9 Å². The van der Waals surface area contributed by atoms with Crippen molar-refractivity contribution in [1.29, 1.82) is 0 Å². The van der Waals surface area contributed by atoms with Gasteiger partial charge in [0.05, 0.1) is 6.10 Å². The number of aldehydes is 1. The summed E-state index contributed by atoms with van der Waals surface area (Å²) < 4.78 is 13.8. The van der Waals surface area contributed by atoms with Crippen LogP contribution in [0.3, 0.4) is 0 Å². The van der Waals surface area contributed by atoms with Gasteiger partial charge in [-0.3, -0.25) is 4.90 Å². The third-order valence-corrected chi connectivity index (χ3v) is 6.49. The first kappa shape index (κ1) is 21.5. The van der Waals surface area contributed by atoms with Crippen molar-refractivity contribution in [2.45, 2.75) is 70.5 Å². The van der Waals surface area contributed by atoms with E-state index in [9.17, 15) is 9.59 Å². The molecule has 4 rings (SSSR count). The number of hydrogen-bond acceptors (Lipinski definition) is 4. The van der Waals surface area contributed by atoms with Crippen LogP contribution in [0.25, 0.3) is 5.69 Å². The normalized spacial score (nSPS) is 21.6. The van der Waals surface area contributed by atoms with Gasteiger partial charge in [0.2, 0.25) is 0 Å². The van der Waals surface area contributed by atoms with Gasteiger partial charge in [-0.05, 0) is 94.2 Å². The Morgan fingerprint density at radius 1 is 1.03 bits per heavy atom. The third-order valence-electron chi connectivity index (χ3n) is 6.49. The predicted molar refractivity (Wildman–Crippen MR) is 120 cm³/mol. The van der Waals surface area contributed by atoms with Gasteiger partial charge in [0.15, 0.2) is 0 Å². The second-order valence-electron chi connectivity index (χ2n) is 8.84. The zero-order chi connectivity index (χ0) is 21.8. The molecule has 2 saturated carbocycles. The Bertz CT molecular complexity index is 899. The predicted octanol–water partition coefficient (Wildman–Crippen LogP) is 5.44. The first-order valence-electron chi connectivity index (χ1n) is 11.4. The number of amides is 1. The Labute approximate surface area is 184 Å². The summed E-state index contributed by atoms with van der Waals surface area (Å²) in [6, 6.07) is 9.90. The fourth-order valence-corrected chi connectivity index (χ4v) is 4.76. The minimum Gasteiger partial charge on any atom is -0.490 e. The molecule has 1 unspecified atom stereocenters. The van der Waals surface area contributed by atoms with E-state index in [0.29, 0.717) is 0 Å². The summed E-state index contributed by atoms with van der Waals surface area (Å²) in [5.41, 5.74) is 1.96. The molecule has 0 saturated heterocycles. The lowest BCUT2D eigenvalue weighted by Gasteiger charge is -2.26. The quantitative estimate of drug-likeness (QED) is 0.580. The molecule has 2 atom stereocenters. The molecular formula is C25H32N2O4. The van der Waals surface area contributed by atoms with E-state index in [2.05, 4.69) is 0 Å². The van der Waals surface area contributed by atoms with Crippen LogP contribution < -0.4 is 9.64 Å². The molecule has 6 heteroatoms. The average Bonchev–Trinajstić information content (AvgIpc) is 3.43. The lowest BCUT2D eigenvalue weighted by molar-refractivity contribution is -0.112. The maximum atomic E-state index is 12.7. The molecular weight excluding hydrogens is 392 g/mol. The van der Waals surface area contributed by atoms with Crippen molar-refractivity contribution >= 4 is 18.2 Å². The number of anilines is 1. The van der Waals surface area contributed by atoms with Gasteiger partial charge in [-0.15, -0.1) is 0 Å². The summed E-state index contributed by atoms with van der Waals surface area (Å²) in [6.45, 7) is 2.00. The molecule has 1 heterocycles. The molecule has 1 aromatic carbocycles. The minimum atomic E-state index is -0.308. The van der Waals surface area contributed by atoms with Crippen LogP contribution in [0, 0.1) is 12.8 Å². The fourth-order valence-electron chi connectivity index (χ4n) is 4.76. The molecule has 0 aliphatic heterocycles. The Balaban J connectivity index is 1.46. The van der Waals surface area contributed by atoms with Gasteiger partial charge >= 0.3 is 6.09 Å². The van der Waals surface area contributed by atoms with Crippen molar-refractivity contribution in [3.8, 4) is 11.4 Å². The number of benzene rings is 1. The van der Waals surface area contributed by atoms with Crippen LogP contribution >= 0.6 is 0 Å². The van der Waals surface area contributed by atoms with Crippen LogP contribution in [0.2, 0.25) is 0 Å². The van der Waals surface area contributed by atoms with Crippen molar-refractivity contribution < 1.29 is 19.1 Å². The van der Waals surface area contributed by atoms with Crippen LogP contribution in [0.5, 0.6) is 5.75 Å². The summed E-state index contributed by atoms with van der Waals surface area (Å²) in [5.74, 6) is 1.72. The SMILES string of the molecule is Cc1ccn(-c2ccc(OC3CCC[C@H](C=O)C3)cc2)c1N(C)C(=O)OC1CCCC1. The average molecular weight is 425 g/mol. The lowest BCUT2D eigenvalue weighted by Crippen LogP contribution is -2.32. The Kier molecular flexibility index (Phi) is 6.64. The molecule has 0 N–H and O–H groups in total. The molecule has 2 aromatic rings. The first-order chi connectivity index (χ1) is 15.0. The maximum Gasteiger partial charge on any atom is 0.415 e. The first-order valence-corrected chi connectivity index (χ1v) is 11.4. The molecule has 0 bridgehead atoms. The van der Waals surface area contributed by atoms with Gasteiger partial charge in [0.1, 0.15) is 24.0 Å². The number of hydrogen-bond donors (Lipinski definition) is 0. The van der Waals surface area contributed by atoms with E-state index in [1.807, 2.05) is 48.0 Å². The Morgan fingerprint density at radius 2 is 1.74 bits per heavy atom. The number of nitrogens with zero attached hydrogens (tertiary/aromatic N) is 2. The summed E-state index contributed by atoms with van der Waals surface area (Å²) >= 11 is 0. The molecule has 2 aliphatic rings. The molecule has 31 heavy (non-hydrogen) atoms. The van der Waals surface area contributed by atoms with Gasteiger partial charge in [-0.25, -0.2) is 4.79 Å². The summed E-state index contributed by atoms with van der Waals surface area (Å²) in [4.78, 5) is 25.4. The zero-order valence-electron chi connectivity index (χ0n) is 18.5. The van der Waals surface area contributed by atoms with Crippen molar-refractivity contribution in [3.05, 3.63) is 42.1 Å². The van der Waals surface area contributed by atoms with E-state index in [1.165, 1.54) is 0 Å². The van der Waals surface area contributed by atoms with E-state index in [-0.39, 0.29) is 24.2 Å². The van der Waals surface area contributed by atoms with E-state index < -0.39 is 0 Å². The standard InChI is InChI=1S/C25H32N2O4/c1-18-14-15-27(24(18)26(2)25(29)31-21-7-3-4-8-21)20-10-12-22(13-11-20)30-23-9-5-6-19(16-23)17-28/h10-15,17,19,21,23H,3-9,16H2,1-2H3/t19-,23?/m0/s1. The molecule has 0 radical (unpaired) electrons. The van der Waals surface area contributed by atoms with Crippen LogP contribution in [0.15, 0.2) is 36.5 Å². The lowest BCUT2D eigenvalue weighted by atomic mass is 9.88. The van der Waals surface area contributed by atoms with E-state index >= 15 is 0 Å². The second kappa shape index (κ2) is 9.58. The summed E-state index contributed by atoms with van der Waals surface area (Å²) in [7, 11) is 1.76. The molecule has 0 spiro atoms. The monoisotopic (exact) mass is 424 g/mol. The molecule has 2 fully saturated rings. The van der Waals surface area contributed by atoms with Crippen molar-refractivity contribution in [3.63, 3.8) is 0 Å². The van der Waals surface area contributed by atoms with E-state index in [0.717, 1.165) is 80.5 Å². The van der Waals surface area contributed by atoms with Crippen LogP contribution in [0.1, 0.15) is 56.9 Å². The molecule has 1 amide bonds. The highest BCUT2D eigenvalue weighted by molar-refractivity contribution is 5.87. The smallest absolute Gasteiger partial charge is 0.415 e. The molecule has 1 aromatic heterocycles. The Hall–Kier alpha value is -2.76. The van der Waals surface area contributed by atoms with Gasteiger partial charge in [-0.1, -0.05) is 0 Å².